The second kappa shape index (κ2) is 15.2. The normalized spacial score (nSPS) is 11.5. The van der Waals surface area contributed by atoms with E-state index >= 15 is 0 Å². The highest BCUT2D eigenvalue weighted by Gasteiger charge is 2.17. The maximum absolute atomic E-state index is 5.26. The van der Waals surface area contributed by atoms with E-state index in [0.717, 1.165) is 50.1 Å². The Hall–Kier alpha value is -8.47. The molecule has 0 aliphatic carbocycles. The van der Waals surface area contributed by atoms with Gasteiger partial charge < -0.3 is 4.57 Å². The highest BCUT2D eigenvalue weighted by atomic mass is 15.0. The highest BCUT2D eigenvalue weighted by Crippen LogP contribution is 2.37. The van der Waals surface area contributed by atoms with Crippen molar-refractivity contribution in [2.24, 2.45) is 0 Å². The van der Waals surface area contributed by atoms with Gasteiger partial charge in [-0.25, -0.2) is 15.0 Å². The fourth-order valence-electron chi connectivity index (χ4n) is 9.19. The number of para-hydroxylation sites is 2. The molecule has 63 heavy (non-hydrogen) atoms. The standard InChI is InChI=1S/C59H38N4/c1-2-14-39(15-3-1)43-17-10-18-44(36-43)40-30-32-42(33-31-40)57-60-58(46-20-11-19-45(37-46)50-26-13-27-51-49-23-5-4-16-41(49)34-35-52(50)51)62-59(61-57)47-21-12-22-48(38-47)63-55-28-8-6-24-53(55)54-25-7-9-29-56(54)63/h1-38H. The summed E-state index contributed by atoms with van der Waals surface area (Å²) in [6.45, 7) is 0. The molecule has 0 radical (unpaired) electrons. The van der Waals surface area contributed by atoms with E-state index in [1.54, 1.807) is 0 Å². The Morgan fingerprint density at radius 1 is 0.254 bits per heavy atom. The summed E-state index contributed by atoms with van der Waals surface area (Å²) in [6, 6.07) is 81.7. The number of hydrogen-bond acceptors (Lipinski definition) is 3. The molecule has 0 spiro atoms. The van der Waals surface area contributed by atoms with E-state index in [-0.39, 0.29) is 0 Å². The average Bonchev–Trinajstić information content (AvgIpc) is 3.71. The Kier molecular flexibility index (Phi) is 8.79. The number of rotatable bonds is 7. The molecule has 2 heterocycles. The van der Waals surface area contributed by atoms with E-state index in [2.05, 4.69) is 235 Å². The third-order valence-corrected chi connectivity index (χ3v) is 12.2. The van der Waals surface area contributed by atoms with E-state index in [0.29, 0.717) is 17.5 Å². The van der Waals surface area contributed by atoms with Crippen LogP contribution >= 0.6 is 0 Å². The minimum absolute atomic E-state index is 0.610. The van der Waals surface area contributed by atoms with Crippen LogP contribution in [-0.4, -0.2) is 19.5 Å². The highest BCUT2D eigenvalue weighted by molar-refractivity contribution is 6.12. The summed E-state index contributed by atoms with van der Waals surface area (Å²) >= 11 is 0. The molecule has 2 aromatic heterocycles. The molecule has 0 N–H and O–H groups in total. The predicted molar refractivity (Wildman–Crippen MR) is 262 cm³/mol. The summed E-state index contributed by atoms with van der Waals surface area (Å²) in [5, 5.41) is 7.37. The molecule has 0 atom stereocenters. The summed E-state index contributed by atoms with van der Waals surface area (Å²) in [4.78, 5) is 15.7. The Morgan fingerprint density at radius 2 is 0.730 bits per heavy atom. The smallest absolute Gasteiger partial charge is 0.164 e. The lowest BCUT2D eigenvalue weighted by Crippen LogP contribution is -2.01. The minimum atomic E-state index is 0.610. The van der Waals surface area contributed by atoms with E-state index < -0.39 is 0 Å². The van der Waals surface area contributed by atoms with Gasteiger partial charge in [0.15, 0.2) is 17.5 Å². The van der Waals surface area contributed by atoms with Crippen molar-refractivity contribution >= 4 is 43.4 Å². The first kappa shape index (κ1) is 36.4. The maximum atomic E-state index is 5.26. The molecular formula is C59H38N4. The van der Waals surface area contributed by atoms with Gasteiger partial charge in [0, 0.05) is 33.2 Å². The summed E-state index contributed by atoms with van der Waals surface area (Å²) < 4.78 is 2.33. The molecule has 4 nitrogen and oxygen atoms in total. The SMILES string of the molecule is c1ccc(-c2cccc(-c3ccc(-c4nc(-c5cccc(-c6cccc7c6ccc6ccccc67)c5)nc(-c5cccc(-n6c7ccccc7c7ccccc76)c5)n4)cc3)c2)cc1. The van der Waals surface area contributed by atoms with Crippen LogP contribution in [0.2, 0.25) is 0 Å². The fourth-order valence-corrected chi connectivity index (χ4v) is 9.19. The minimum Gasteiger partial charge on any atom is -0.309 e. The van der Waals surface area contributed by atoms with Crippen molar-refractivity contribution in [1.29, 1.82) is 0 Å². The summed E-state index contributed by atoms with van der Waals surface area (Å²) in [6.07, 6.45) is 0. The first-order valence-electron chi connectivity index (χ1n) is 21.3. The van der Waals surface area contributed by atoms with Gasteiger partial charge in [-0.15, -0.1) is 0 Å². The van der Waals surface area contributed by atoms with E-state index in [9.17, 15) is 0 Å². The van der Waals surface area contributed by atoms with Crippen LogP contribution in [0, 0.1) is 0 Å². The van der Waals surface area contributed by atoms with Gasteiger partial charge in [0.25, 0.3) is 0 Å². The predicted octanol–water partition coefficient (Wildman–Crippen LogP) is 15.3. The maximum Gasteiger partial charge on any atom is 0.164 e. The van der Waals surface area contributed by atoms with Gasteiger partial charge in [-0.3, -0.25) is 0 Å². The van der Waals surface area contributed by atoms with Crippen molar-refractivity contribution in [3.8, 4) is 73.2 Å². The lowest BCUT2D eigenvalue weighted by molar-refractivity contribution is 1.07. The molecule has 0 aliphatic rings. The van der Waals surface area contributed by atoms with E-state index in [1.165, 1.54) is 49.0 Å². The molecule has 0 aliphatic heterocycles. The molecule has 0 unspecified atom stereocenters. The number of aromatic nitrogens is 4. The molecule has 0 fully saturated rings. The van der Waals surface area contributed by atoms with Gasteiger partial charge in [-0.2, -0.15) is 0 Å². The molecular weight excluding hydrogens is 765 g/mol. The van der Waals surface area contributed by atoms with Crippen LogP contribution in [-0.2, 0) is 0 Å². The topological polar surface area (TPSA) is 43.6 Å². The second-order valence-corrected chi connectivity index (χ2v) is 16.0. The molecule has 0 bridgehead atoms. The summed E-state index contributed by atoms with van der Waals surface area (Å²) in [5.74, 6) is 1.84. The zero-order valence-corrected chi connectivity index (χ0v) is 34.2. The van der Waals surface area contributed by atoms with Crippen molar-refractivity contribution in [1.82, 2.24) is 19.5 Å². The number of nitrogens with zero attached hydrogens (tertiary/aromatic N) is 4. The zero-order chi connectivity index (χ0) is 41.7. The zero-order valence-electron chi connectivity index (χ0n) is 34.2. The number of hydrogen-bond donors (Lipinski definition) is 0. The molecule has 12 aromatic rings. The summed E-state index contributed by atoms with van der Waals surface area (Å²) in [7, 11) is 0. The Morgan fingerprint density at radius 3 is 1.44 bits per heavy atom. The fraction of sp³-hybridized carbons (Fsp3) is 0. The molecule has 4 heteroatoms. The van der Waals surface area contributed by atoms with Crippen molar-refractivity contribution in [2.75, 3.05) is 0 Å². The Bertz CT molecular complexity index is 3630. The van der Waals surface area contributed by atoms with Gasteiger partial charge in [-0.05, 0) is 91.3 Å². The largest absolute Gasteiger partial charge is 0.309 e. The van der Waals surface area contributed by atoms with Gasteiger partial charge >= 0.3 is 0 Å². The summed E-state index contributed by atoms with van der Waals surface area (Å²) in [5.41, 5.74) is 13.0. The average molecular weight is 803 g/mol. The van der Waals surface area contributed by atoms with E-state index in [1.807, 2.05) is 0 Å². The van der Waals surface area contributed by atoms with Crippen molar-refractivity contribution in [2.45, 2.75) is 0 Å². The molecule has 0 saturated carbocycles. The van der Waals surface area contributed by atoms with Crippen LogP contribution < -0.4 is 0 Å². The van der Waals surface area contributed by atoms with Crippen LogP contribution in [0.1, 0.15) is 0 Å². The quantitative estimate of drug-likeness (QED) is 0.151. The van der Waals surface area contributed by atoms with Crippen LogP contribution in [0.15, 0.2) is 231 Å². The first-order chi connectivity index (χ1) is 31.2. The Balaban J connectivity index is 0.992. The second-order valence-electron chi connectivity index (χ2n) is 16.0. The molecule has 0 amide bonds. The Labute approximate surface area is 365 Å². The molecule has 0 saturated heterocycles. The number of benzene rings is 10. The van der Waals surface area contributed by atoms with Gasteiger partial charge in [0.05, 0.1) is 11.0 Å². The van der Waals surface area contributed by atoms with Crippen LogP contribution in [0.4, 0.5) is 0 Å². The third kappa shape index (κ3) is 6.53. The molecule has 10 aromatic carbocycles. The van der Waals surface area contributed by atoms with Gasteiger partial charge in [-0.1, -0.05) is 194 Å². The van der Waals surface area contributed by atoms with Crippen molar-refractivity contribution in [3.63, 3.8) is 0 Å². The molecule has 12 rings (SSSR count). The van der Waals surface area contributed by atoms with Crippen molar-refractivity contribution in [3.05, 3.63) is 231 Å². The van der Waals surface area contributed by atoms with Crippen LogP contribution in [0.3, 0.4) is 0 Å². The van der Waals surface area contributed by atoms with E-state index in [4.69, 9.17) is 15.0 Å². The lowest BCUT2D eigenvalue weighted by atomic mass is 9.94. The van der Waals surface area contributed by atoms with Gasteiger partial charge in [0.1, 0.15) is 0 Å². The molecule has 294 valence electrons. The number of fused-ring (bicyclic) bond motifs is 6. The van der Waals surface area contributed by atoms with Crippen LogP contribution in [0.25, 0.3) is 117 Å². The van der Waals surface area contributed by atoms with Crippen LogP contribution in [0.5, 0.6) is 0 Å². The van der Waals surface area contributed by atoms with Crippen molar-refractivity contribution < 1.29 is 0 Å². The lowest BCUT2D eigenvalue weighted by Gasteiger charge is -2.13. The first-order valence-corrected chi connectivity index (χ1v) is 21.3. The van der Waals surface area contributed by atoms with Gasteiger partial charge in [0.2, 0.25) is 0 Å². The third-order valence-electron chi connectivity index (χ3n) is 12.2. The monoisotopic (exact) mass is 802 g/mol.